The Kier molecular flexibility index (Phi) is 9.06. The lowest BCUT2D eigenvalue weighted by molar-refractivity contribution is -0.121. The van der Waals surface area contributed by atoms with Gasteiger partial charge in [0, 0.05) is 25.1 Å². The monoisotopic (exact) mass is 312 g/mol. The highest BCUT2D eigenvalue weighted by Gasteiger charge is 2.12. The van der Waals surface area contributed by atoms with Gasteiger partial charge in [-0.15, -0.1) is 0 Å². The zero-order valence-electron chi connectivity index (χ0n) is 12.6. The van der Waals surface area contributed by atoms with E-state index in [4.69, 9.17) is 22.1 Å². The molecule has 118 valence electrons. The van der Waals surface area contributed by atoms with Gasteiger partial charge in [0.25, 0.3) is 0 Å². The van der Waals surface area contributed by atoms with Crippen LogP contribution in [0.4, 0.5) is 0 Å². The quantitative estimate of drug-likeness (QED) is 0.653. The second-order valence-corrected chi connectivity index (χ2v) is 5.47. The molecule has 1 amide bonds. The highest BCUT2D eigenvalue weighted by atomic mass is 35.5. The fraction of sp³-hybridized carbons (Fsp3) is 0.562. The largest absolute Gasteiger partial charge is 0.375 e. The van der Waals surface area contributed by atoms with E-state index in [9.17, 15) is 4.79 Å². The average Bonchev–Trinajstić information content (AvgIpc) is 2.48. The van der Waals surface area contributed by atoms with Crippen LogP contribution in [0.3, 0.4) is 0 Å². The molecule has 5 heteroatoms. The van der Waals surface area contributed by atoms with E-state index in [1.54, 1.807) is 7.11 Å². The molecule has 0 bridgehead atoms. The van der Waals surface area contributed by atoms with Gasteiger partial charge in [0.1, 0.15) is 0 Å². The van der Waals surface area contributed by atoms with Crippen molar-refractivity contribution in [1.29, 1.82) is 0 Å². The number of methoxy groups -OCH3 is 1. The molecule has 1 rings (SSSR count). The Morgan fingerprint density at radius 2 is 2.10 bits per heavy atom. The van der Waals surface area contributed by atoms with Crippen LogP contribution in [0.1, 0.15) is 43.8 Å². The van der Waals surface area contributed by atoms with Gasteiger partial charge in [-0.3, -0.25) is 4.79 Å². The summed E-state index contributed by atoms with van der Waals surface area (Å²) in [5.41, 5.74) is 6.40. The second kappa shape index (κ2) is 10.6. The molecule has 1 aromatic carbocycles. The van der Waals surface area contributed by atoms with Gasteiger partial charge < -0.3 is 15.8 Å². The molecule has 0 saturated carbocycles. The third kappa shape index (κ3) is 7.46. The lowest BCUT2D eigenvalue weighted by Gasteiger charge is -2.16. The second-order valence-electron chi connectivity index (χ2n) is 5.04. The number of carbonyl (C=O) groups excluding carboxylic acids is 1. The summed E-state index contributed by atoms with van der Waals surface area (Å²) in [6.07, 6.45) is 4.45. The van der Waals surface area contributed by atoms with Gasteiger partial charge in [0.2, 0.25) is 5.91 Å². The van der Waals surface area contributed by atoms with Crippen LogP contribution in [-0.2, 0) is 9.53 Å². The lowest BCUT2D eigenvalue weighted by Crippen LogP contribution is -2.28. The van der Waals surface area contributed by atoms with Crippen molar-refractivity contribution in [3.05, 3.63) is 34.9 Å². The number of benzene rings is 1. The Balaban J connectivity index is 2.29. The van der Waals surface area contributed by atoms with Crippen molar-refractivity contribution in [1.82, 2.24) is 5.32 Å². The molecule has 0 aliphatic rings. The number of carbonyl (C=O) groups is 1. The smallest absolute Gasteiger partial charge is 0.220 e. The lowest BCUT2D eigenvalue weighted by atomic mass is 10.1. The minimum atomic E-state index is -0.176. The minimum Gasteiger partial charge on any atom is -0.375 e. The Morgan fingerprint density at radius 3 is 2.76 bits per heavy atom. The van der Waals surface area contributed by atoms with E-state index in [0.29, 0.717) is 18.0 Å². The highest BCUT2D eigenvalue weighted by Crippen LogP contribution is 2.19. The Labute approximate surface area is 132 Å². The number of ether oxygens (including phenoxy) is 1. The summed E-state index contributed by atoms with van der Waals surface area (Å²) in [5.74, 6) is 0.0619. The van der Waals surface area contributed by atoms with Crippen molar-refractivity contribution >= 4 is 17.5 Å². The van der Waals surface area contributed by atoms with E-state index in [2.05, 4.69) is 5.32 Å². The number of hydrogen-bond donors (Lipinski definition) is 2. The number of nitrogens with one attached hydrogen (secondary N) is 1. The maximum atomic E-state index is 11.8. The average molecular weight is 313 g/mol. The van der Waals surface area contributed by atoms with Gasteiger partial charge in [-0.05, 0) is 37.1 Å². The zero-order chi connectivity index (χ0) is 15.5. The molecule has 0 saturated heterocycles. The molecule has 3 N–H and O–H groups in total. The first kappa shape index (κ1) is 18.0. The molecule has 4 nitrogen and oxygen atoms in total. The molecule has 1 aromatic rings. The standard InChI is InChI=1S/C16H25ClN2O2/c1-21-15(13-7-6-8-14(17)11-13)12-19-16(20)9-4-2-3-5-10-18/h6-8,11,15H,2-5,9-10,12,18H2,1H3,(H,19,20). The van der Waals surface area contributed by atoms with Crippen molar-refractivity contribution in [3.8, 4) is 0 Å². The van der Waals surface area contributed by atoms with Crippen LogP contribution in [0.15, 0.2) is 24.3 Å². The first-order chi connectivity index (χ1) is 10.2. The summed E-state index contributed by atoms with van der Waals surface area (Å²) in [7, 11) is 1.63. The summed E-state index contributed by atoms with van der Waals surface area (Å²) in [5, 5.41) is 3.58. The molecule has 21 heavy (non-hydrogen) atoms. The number of nitrogens with two attached hydrogens (primary N) is 1. The van der Waals surface area contributed by atoms with Gasteiger partial charge in [0.15, 0.2) is 0 Å². The van der Waals surface area contributed by atoms with Crippen LogP contribution in [0.25, 0.3) is 0 Å². The molecule has 0 aromatic heterocycles. The molecular formula is C16H25ClN2O2. The van der Waals surface area contributed by atoms with Crippen molar-refractivity contribution in [2.24, 2.45) is 5.73 Å². The van der Waals surface area contributed by atoms with Crippen LogP contribution in [0, 0.1) is 0 Å². The summed E-state index contributed by atoms with van der Waals surface area (Å²) in [6, 6.07) is 7.49. The van der Waals surface area contributed by atoms with E-state index >= 15 is 0 Å². The van der Waals surface area contributed by atoms with E-state index in [1.165, 1.54) is 0 Å². The Morgan fingerprint density at radius 1 is 1.33 bits per heavy atom. The first-order valence-electron chi connectivity index (χ1n) is 7.42. The van der Waals surface area contributed by atoms with E-state index in [-0.39, 0.29) is 12.0 Å². The van der Waals surface area contributed by atoms with Gasteiger partial charge in [-0.25, -0.2) is 0 Å². The summed E-state index contributed by atoms with van der Waals surface area (Å²) in [4.78, 5) is 11.8. The van der Waals surface area contributed by atoms with Crippen LogP contribution in [0.5, 0.6) is 0 Å². The summed E-state index contributed by atoms with van der Waals surface area (Å²) in [6.45, 7) is 1.18. The predicted octanol–water partition coefficient (Wildman–Crippen LogP) is 3.05. The molecule has 1 atom stereocenters. The van der Waals surface area contributed by atoms with E-state index < -0.39 is 0 Å². The Hall–Kier alpha value is -1.10. The van der Waals surface area contributed by atoms with Crippen molar-refractivity contribution in [3.63, 3.8) is 0 Å². The van der Waals surface area contributed by atoms with Crippen LogP contribution in [-0.4, -0.2) is 26.1 Å². The van der Waals surface area contributed by atoms with E-state index in [1.807, 2.05) is 24.3 Å². The van der Waals surface area contributed by atoms with Crippen LogP contribution < -0.4 is 11.1 Å². The molecule has 0 aliphatic carbocycles. The predicted molar refractivity (Wildman–Crippen MR) is 86.4 cm³/mol. The van der Waals surface area contributed by atoms with Gasteiger partial charge in [-0.2, -0.15) is 0 Å². The van der Waals surface area contributed by atoms with Gasteiger partial charge in [0.05, 0.1) is 6.10 Å². The SMILES string of the molecule is COC(CNC(=O)CCCCCCN)c1cccc(Cl)c1. The molecule has 0 heterocycles. The van der Waals surface area contributed by atoms with Gasteiger partial charge >= 0.3 is 0 Å². The molecule has 0 spiro atoms. The maximum Gasteiger partial charge on any atom is 0.220 e. The molecule has 1 unspecified atom stereocenters. The van der Waals surface area contributed by atoms with E-state index in [0.717, 1.165) is 37.8 Å². The highest BCUT2D eigenvalue weighted by molar-refractivity contribution is 6.30. The molecular weight excluding hydrogens is 288 g/mol. The Bertz CT molecular complexity index is 426. The third-order valence-corrected chi connectivity index (χ3v) is 3.58. The minimum absolute atomic E-state index is 0.0619. The van der Waals surface area contributed by atoms with Crippen molar-refractivity contribution in [2.75, 3.05) is 20.2 Å². The third-order valence-electron chi connectivity index (χ3n) is 3.35. The number of halogens is 1. The zero-order valence-corrected chi connectivity index (χ0v) is 13.4. The number of amides is 1. The van der Waals surface area contributed by atoms with Crippen LogP contribution in [0.2, 0.25) is 5.02 Å². The number of unbranched alkanes of at least 4 members (excludes halogenated alkanes) is 3. The van der Waals surface area contributed by atoms with Crippen molar-refractivity contribution in [2.45, 2.75) is 38.2 Å². The topological polar surface area (TPSA) is 64.3 Å². The maximum absolute atomic E-state index is 11.8. The summed E-state index contributed by atoms with van der Waals surface area (Å²) < 4.78 is 5.41. The van der Waals surface area contributed by atoms with Crippen LogP contribution >= 0.6 is 11.6 Å². The molecule has 0 aliphatic heterocycles. The fourth-order valence-electron chi connectivity index (χ4n) is 2.12. The number of rotatable bonds is 10. The first-order valence-corrected chi connectivity index (χ1v) is 7.80. The van der Waals surface area contributed by atoms with Crippen molar-refractivity contribution < 1.29 is 9.53 Å². The van der Waals surface area contributed by atoms with Gasteiger partial charge in [-0.1, -0.05) is 36.6 Å². The number of hydrogen-bond acceptors (Lipinski definition) is 3. The molecule has 0 fully saturated rings. The summed E-state index contributed by atoms with van der Waals surface area (Å²) >= 11 is 5.97. The normalized spacial score (nSPS) is 12.1. The molecule has 0 radical (unpaired) electrons. The fourth-order valence-corrected chi connectivity index (χ4v) is 2.32.